The number of alkyl halides is 3. The lowest BCUT2D eigenvalue weighted by Gasteiger charge is -2.09. The van der Waals surface area contributed by atoms with Crippen LogP contribution in [0.1, 0.15) is 25.1 Å². The van der Waals surface area contributed by atoms with Crippen molar-refractivity contribution in [3.8, 4) is 11.5 Å². The van der Waals surface area contributed by atoms with Crippen molar-refractivity contribution in [1.82, 2.24) is 4.98 Å². The molecule has 0 amide bonds. The zero-order chi connectivity index (χ0) is 15.2. The van der Waals surface area contributed by atoms with Crippen molar-refractivity contribution in [3.05, 3.63) is 53.9 Å². The van der Waals surface area contributed by atoms with Crippen LogP contribution >= 0.6 is 0 Å². The highest BCUT2D eigenvalue weighted by molar-refractivity contribution is 5.34. The summed E-state index contributed by atoms with van der Waals surface area (Å²) >= 11 is 0. The van der Waals surface area contributed by atoms with Crippen LogP contribution in [-0.2, 0) is 6.18 Å². The van der Waals surface area contributed by atoms with Gasteiger partial charge in [0.25, 0.3) is 0 Å². The first-order valence-electron chi connectivity index (χ1n) is 6.23. The van der Waals surface area contributed by atoms with Crippen molar-refractivity contribution >= 4 is 0 Å². The predicted octanol–water partition coefficient (Wildman–Crippen LogP) is 5.23. The second kappa shape index (κ2) is 6.93. The summed E-state index contributed by atoms with van der Waals surface area (Å²) in [6.45, 7) is 5.81. The van der Waals surface area contributed by atoms with Crippen molar-refractivity contribution in [3.63, 3.8) is 0 Å². The van der Waals surface area contributed by atoms with E-state index in [1.165, 1.54) is 18.3 Å². The van der Waals surface area contributed by atoms with Crippen molar-refractivity contribution in [2.24, 2.45) is 0 Å². The minimum Gasteiger partial charge on any atom is -0.456 e. The van der Waals surface area contributed by atoms with Gasteiger partial charge in [-0.05, 0) is 37.3 Å². The molecule has 0 N–H and O–H groups in total. The third-order valence-corrected chi connectivity index (χ3v) is 2.28. The van der Waals surface area contributed by atoms with E-state index in [1.54, 1.807) is 12.1 Å². The Kier molecular flexibility index (Phi) is 5.55. The Balaban J connectivity index is 0.000000956. The van der Waals surface area contributed by atoms with Gasteiger partial charge in [-0.15, -0.1) is 0 Å². The molecule has 20 heavy (non-hydrogen) atoms. The van der Waals surface area contributed by atoms with Crippen molar-refractivity contribution < 1.29 is 17.9 Å². The number of hydrogen-bond acceptors (Lipinski definition) is 2. The Morgan fingerprint density at radius 1 is 1.00 bits per heavy atom. The monoisotopic (exact) mass is 283 g/mol. The lowest BCUT2D eigenvalue weighted by molar-refractivity contribution is -0.137. The smallest absolute Gasteiger partial charge is 0.416 e. The van der Waals surface area contributed by atoms with E-state index in [9.17, 15) is 13.2 Å². The van der Waals surface area contributed by atoms with Gasteiger partial charge in [0.2, 0.25) is 0 Å². The molecule has 1 aromatic carbocycles. The van der Waals surface area contributed by atoms with E-state index in [0.717, 1.165) is 17.8 Å². The van der Waals surface area contributed by atoms with Crippen LogP contribution in [0.5, 0.6) is 11.5 Å². The van der Waals surface area contributed by atoms with Gasteiger partial charge in [-0.1, -0.05) is 19.9 Å². The van der Waals surface area contributed by atoms with Gasteiger partial charge in [0, 0.05) is 5.69 Å². The SMILES string of the molecule is CC.Cc1ccc(Oc2cccc(C(F)(F)F)c2)cn1. The number of rotatable bonds is 2. The molecule has 108 valence electrons. The first kappa shape index (κ1) is 16.0. The van der Waals surface area contributed by atoms with Crippen molar-refractivity contribution in [2.75, 3.05) is 0 Å². The molecule has 0 aliphatic rings. The number of aryl methyl sites for hydroxylation is 1. The molecule has 2 rings (SSSR count). The number of benzene rings is 1. The summed E-state index contributed by atoms with van der Waals surface area (Å²) in [5, 5.41) is 0. The van der Waals surface area contributed by atoms with Crippen molar-refractivity contribution in [2.45, 2.75) is 26.9 Å². The molecule has 0 saturated heterocycles. The lowest BCUT2D eigenvalue weighted by Crippen LogP contribution is -2.04. The van der Waals surface area contributed by atoms with Crippen LogP contribution in [0.15, 0.2) is 42.6 Å². The normalized spacial score (nSPS) is 10.5. The van der Waals surface area contributed by atoms with Gasteiger partial charge < -0.3 is 4.74 Å². The topological polar surface area (TPSA) is 22.1 Å². The Morgan fingerprint density at radius 3 is 2.25 bits per heavy atom. The summed E-state index contributed by atoms with van der Waals surface area (Å²) in [6, 6.07) is 8.11. The standard InChI is InChI=1S/C13H10F3NO.C2H6/c1-9-5-6-12(8-17-9)18-11-4-2-3-10(7-11)13(14,15)16;1-2/h2-8H,1H3;1-2H3. The summed E-state index contributed by atoms with van der Waals surface area (Å²) < 4.78 is 42.8. The zero-order valence-electron chi connectivity index (χ0n) is 11.5. The Labute approximate surface area is 116 Å². The minimum atomic E-state index is -4.37. The van der Waals surface area contributed by atoms with Crippen LogP contribution in [0.25, 0.3) is 0 Å². The van der Waals surface area contributed by atoms with Crippen LogP contribution in [0.4, 0.5) is 13.2 Å². The number of aromatic nitrogens is 1. The number of halogens is 3. The zero-order valence-corrected chi connectivity index (χ0v) is 11.5. The molecule has 0 spiro atoms. The molecule has 0 fully saturated rings. The fraction of sp³-hybridized carbons (Fsp3) is 0.267. The minimum absolute atomic E-state index is 0.135. The molecule has 0 aliphatic carbocycles. The Morgan fingerprint density at radius 2 is 1.70 bits per heavy atom. The summed E-state index contributed by atoms with van der Waals surface area (Å²) in [7, 11) is 0. The molecule has 0 atom stereocenters. The summed E-state index contributed by atoms with van der Waals surface area (Å²) in [4.78, 5) is 4.00. The molecular weight excluding hydrogens is 267 g/mol. The summed E-state index contributed by atoms with van der Waals surface area (Å²) in [6.07, 6.45) is -2.90. The maximum atomic E-state index is 12.5. The summed E-state index contributed by atoms with van der Waals surface area (Å²) in [5.41, 5.74) is 0.0754. The van der Waals surface area contributed by atoms with Gasteiger partial charge in [-0.3, -0.25) is 4.98 Å². The Hall–Kier alpha value is -2.04. The molecular formula is C15H16F3NO. The highest BCUT2D eigenvalue weighted by Gasteiger charge is 2.30. The lowest BCUT2D eigenvalue weighted by atomic mass is 10.2. The molecule has 1 heterocycles. The van der Waals surface area contributed by atoms with E-state index < -0.39 is 11.7 Å². The number of pyridine rings is 1. The second-order valence-corrected chi connectivity index (χ2v) is 3.76. The van der Waals surface area contributed by atoms with E-state index in [4.69, 9.17) is 4.74 Å². The molecule has 5 heteroatoms. The molecule has 0 bridgehead atoms. The van der Waals surface area contributed by atoms with Crippen molar-refractivity contribution in [1.29, 1.82) is 0 Å². The maximum absolute atomic E-state index is 12.5. The summed E-state index contributed by atoms with van der Waals surface area (Å²) in [5.74, 6) is 0.537. The molecule has 2 nitrogen and oxygen atoms in total. The maximum Gasteiger partial charge on any atom is 0.416 e. The molecule has 0 saturated carbocycles. The van der Waals surface area contributed by atoms with Crippen LogP contribution < -0.4 is 4.74 Å². The van der Waals surface area contributed by atoms with Gasteiger partial charge in [0.15, 0.2) is 0 Å². The molecule has 2 aromatic rings. The van der Waals surface area contributed by atoms with E-state index >= 15 is 0 Å². The van der Waals surface area contributed by atoms with Crippen LogP contribution in [-0.4, -0.2) is 4.98 Å². The van der Waals surface area contributed by atoms with Gasteiger partial charge in [-0.25, -0.2) is 0 Å². The quantitative estimate of drug-likeness (QED) is 0.753. The van der Waals surface area contributed by atoms with Gasteiger partial charge in [0.05, 0.1) is 11.8 Å². The van der Waals surface area contributed by atoms with E-state index in [0.29, 0.717) is 5.75 Å². The van der Waals surface area contributed by atoms with E-state index in [-0.39, 0.29) is 5.75 Å². The highest BCUT2D eigenvalue weighted by atomic mass is 19.4. The van der Waals surface area contributed by atoms with Gasteiger partial charge in [-0.2, -0.15) is 13.2 Å². The van der Waals surface area contributed by atoms with E-state index in [2.05, 4.69) is 4.98 Å². The average molecular weight is 283 g/mol. The third kappa shape index (κ3) is 4.57. The van der Waals surface area contributed by atoms with Crippen LogP contribution in [0, 0.1) is 6.92 Å². The van der Waals surface area contributed by atoms with Gasteiger partial charge in [0.1, 0.15) is 11.5 Å². The Bertz CT molecular complexity index is 536. The molecule has 1 aromatic heterocycles. The molecule has 0 aliphatic heterocycles. The molecule has 0 radical (unpaired) electrons. The van der Waals surface area contributed by atoms with E-state index in [1.807, 2.05) is 20.8 Å². The second-order valence-electron chi connectivity index (χ2n) is 3.76. The number of nitrogens with zero attached hydrogens (tertiary/aromatic N) is 1. The first-order valence-corrected chi connectivity index (χ1v) is 6.23. The van der Waals surface area contributed by atoms with Crippen LogP contribution in [0.2, 0.25) is 0 Å². The van der Waals surface area contributed by atoms with Crippen LogP contribution in [0.3, 0.4) is 0 Å². The first-order chi connectivity index (χ1) is 9.45. The third-order valence-electron chi connectivity index (χ3n) is 2.28. The number of hydrogen-bond donors (Lipinski definition) is 0. The average Bonchev–Trinajstić information content (AvgIpc) is 2.43. The number of ether oxygens (including phenoxy) is 1. The molecule has 0 unspecified atom stereocenters. The predicted molar refractivity (Wildman–Crippen MR) is 71.8 cm³/mol. The highest BCUT2D eigenvalue weighted by Crippen LogP contribution is 2.32. The fourth-order valence-corrected chi connectivity index (χ4v) is 1.39. The largest absolute Gasteiger partial charge is 0.456 e. The fourth-order valence-electron chi connectivity index (χ4n) is 1.39. The van der Waals surface area contributed by atoms with Gasteiger partial charge >= 0.3 is 6.18 Å².